The molecule has 1 aromatic heterocycles. The van der Waals surface area contributed by atoms with Crippen LogP contribution in [0.4, 0.5) is 5.13 Å². The van der Waals surface area contributed by atoms with Gasteiger partial charge in [-0.15, -0.1) is 0 Å². The second-order valence-corrected chi connectivity index (χ2v) is 10.0. The van der Waals surface area contributed by atoms with Gasteiger partial charge in [0.1, 0.15) is 5.75 Å². The van der Waals surface area contributed by atoms with Crippen molar-refractivity contribution in [1.29, 1.82) is 0 Å². The van der Waals surface area contributed by atoms with E-state index < -0.39 is 0 Å². The summed E-state index contributed by atoms with van der Waals surface area (Å²) < 4.78 is 6.48. The minimum absolute atomic E-state index is 0.145. The number of hydrogen-bond donors (Lipinski definition) is 0. The molecule has 2 aromatic carbocycles. The summed E-state index contributed by atoms with van der Waals surface area (Å²) in [6.45, 7) is 6.52. The van der Waals surface area contributed by atoms with Crippen molar-refractivity contribution in [2.45, 2.75) is 19.3 Å². The lowest BCUT2D eigenvalue weighted by atomic mass is 9.95. The number of benzene rings is 2. The maximum atomic E-state index is 13.2. The predicted octanol–water partition coefficient (Wildman–Crippen LogP) is 3.91. The lowest BCUT2D eigenvalue weighted by molar-refractivity contribution is -0.138. The quantitative estimate of drug-likeness (QED) is 0.554. The smallest absolute Gasteiger partial charge is 0.225 e. The molecular weight excluding hydrogens is 432 g/mol. The number of carbonyl (C=O) groups is 1. The zero-order valence-electron chi connectivity index (χ0n) is 19.3. The lowest BCUT2D eigenvalue weighted by Crippen LogP contribution is -2.51. The van der Waals surface area contributed by atoms with E-state index in [0.717, 1.165) is 86.2 Å². The number of ether oxygens (including phenoxy) is 1. The number of rotatable bonds is 6. The van der Waals surface area contributed by atoms with Gasteiger partial charge in [-0.05, 0) is 43.0 Å². The fourth-order valence-corrected chi connectivity index (χ4v) is 5.90. The molecule has 174 valence electrons. The topological polar surface area (TPSA) is 48.9 Å². The van der Waals surface area contributed by atoms with Crippen LogP contribution in [-0.4, -0.2) is 73.6 Å². The Kier molecular flexibility index (Phi) is 6.78. The molecule has 0 spiro atoms. The molecule has 2 aliphatic heterocycles. The van der Waals surface area contributed by atoms with Crippen LogP contribution in [0.2, 0.25) is 0 Å². The Balaban J connectivity index is 1.09. The highest BCUT2D eigenvalue weighted by Gasteiger charge is 2.31. The van der Waals surface area contributed by atoms with Crippen molar-refractivity contribution < 1.29 is 9.53 Å². The first kappa shape index (κ1) is 22.2. The molecule has 0 bridgehead atoms. The molecule has 0 radical (unpaired) electrons. The van der Waals surface area contributed by atoms with Crippen LogP contribution in [0.5, 0.6) is 5.75 Å². The maximum absolute atomic E-state index is 13.2. The Morgan fingerprint density at radius 1 is 1.03 bits per heavy atom. The van der Waals surface area contributed by atoms with E-state index in [2.05, 4.69) is 45.0 Å². The number of thiazole rings is 1. The molecule has 0 aliphatic carbocycles. The SMILES string of the molecule is COc1ccc2nc(N3CCC(C(=O)N4CCN(CCc5ccccc5)CC4)CC3)sc2c1. The number of piperidine rings is 1. The van der Waals surface area contributed by atoms with Crippen molar-refractivity contribution in [3.8, 4) is 5.75 Å². The van der Waals surface area contributed by atoms with Crippen LogP contribution in [0, 0.1) is 5.92 Å². The number of nitrogens with zero attached hydrogens (tertiary/aromatic N) is 4. The third kappa shape index (κ3) is 5.14. The zero-order valence-corrected chi connectivity index (χ0v) is 20.1. The van der Waals surface area contributed by atoms with E-state index in [1.165, 1.54) is 5.56 Å². The molecule has 2 saturated heterocycles. The molecule has 0 saturated carbocycles. The van der Waals surface area contributed by atoms with Gasteiger partial charge in [-0.2, -0.15) is 0 Å². The van der Waals surface area contributed by atoms with Crippen LogP contribution in [0.15, 0.2) is 48.5 Å². The van der Waals surface area contributed by atoms with Crippen molar-refractivity contribution in [2.24, 2.45) is 5.92 Å². The highest BCUT2D eigenvalue weighted by Crippen LogP contribution is 2.33. The first-order valence-corrected chi connectivity index (χ1v) is 12.8. The minimum atomic E-state index is 0.145. The fourth-order valence-electron chi connectivity index (χ4n) is 4.85. The Labute approximate surface area is 199 Å². The molecule has 0 unspecified atom stereocenters. The number of fused-ring (bicyclic) bond motifs is 1. The van der Waals surface area contributed by atoms with Gasteiger partial charge in [-0.1, -0.05) is 41.7 Å². The molecule has 6 nitrogen and oxygen atoms in total. The number of amides is 1. The summed E-state index contributed by atoms with van der Waals surface area (Å²) >= 11 is 1.71. The summed E-state index contributed by atoms with van der Waals surface area (Å²) in [5.41, 5.74) is 2.40. The molecule has 5 rings (SSSR count). The average Bonchev–Trinajstić information content (AvgIpc) is 3.31. The Morgan fingerprint density at radius 3 is 2.52 bits per heavy atom. The Morgan fingerprint density at radius 2 is 1.79 bits per heavy atom. The minimum Gasteiger partial charge on any atom is -0.497 e. The van der Waals surface area contributed by atoms with Crippen LogP contribution in [0.3, 0.4) is 0 Å². The monoisotopic (exact) mass is 464 g/mol. The van der Waals surface area contributed by atoms with Crippen LogP contribution >= 0.6 is 11.3 Å². The molecular formula is C26H32N4O2S. The number of hydrogen-bond acceptors (Lipinski definition) is 6. The number of aromatic nitrogens is 1. The molecule has 3 aromatic rings. The van der Waals surface area contributed by atoms with E-state index in [-0.39, 0.29) is 5.92 Å². The van der Waals surface area contributed by atoms with Crippen LogP contribution in [-0.2, 0) is 11.2 Å². The van der Waals surface area contributed by atoms with Crippen LogP contribution in [0.1, 0.15) is 18.4 Å². The van der Waals surface area contributed by atoms with Gasteiger partial charge >= 0.3 is 0 Å². The first-order chi connectivity index (χ1) is 16.2. The molecule has 33 heavy (non-hydrogen) atoms. The molecule has 7 heteroatoms. The number of carbonyl (C=O) groups excluding carboxylic acids is 1. The van der Waals surface area contributed by atoms with E-state index >= 15 is 0 Å². The third-order valence-corrected chi connectivity index (χ3v) is 8.02. The van der Waals surface area contributed by atoms with Crippen molar-refractivity contribution in [1.82, 2.24) is 14.8 Å². The average molecular weight is 465 g/mol. The fraction of sp³-hybridized carbons (Fsp3) is 0.462. The van der Waals surface area contributed by atoms with Gasteiger partial charge in [0.15, 0.2) is 5.13 Å². The molecule has 2 fully saturated rings. The van der Waals surface area contributed by atoms with E-state index in [0.29, 0.717) is 5.91 Å². The number of piperazine rings is 1. The van der Waals surface area contributed by atoms with Gasteiger partial charge in [0, 0.05) is 51.7 Å². The summed E-state index contributed by atoms with van der Waals surface area (Å²) in [7, 11) is 1.69. The summed E-state index contributed by atoms with van der Waals surface area (Å²) in [6.07, 6.45) is 2.89. The second-order valence-electron chi connectivity index (χ2n) is 8.99. The Hall–Kier alpha value is -2.64. The van der Waals surface area contributed by atoms with Crippen molar-refractivity contribution in [3.05, 3.63) is 54.1 Å². The van der Waals surface area contributed by atoms with Gasteiger partial charge in [0.2, 0.25) is 5.91 Å². The van der Waals surface area contributed by atoms with Gasteiger partial charge in [0.25, 0.3) is 0 Å². The van der Waals surface area contributed by atoms with Gasteiger partial charge in [-0.25, -0.2) is 4.98 Å². The molecule has 1 amide bonds. The summed E-state index contributed by atoms with van der Waals surface area (Å²) in [4.78, 5) is 24.9. The summed E-state index contributed by atoms with van der Waals surface area (Å²) in [6, 6.07) is 16.7. The Bertz CT molecular complexity index is 1070. The van der Waals surface area contributed by atoms with Gasteiger partial charge < -0.3 is 14.5 Å². The van der Waals surface area contributed by atoms with Crippen molar-refractivity contribution in [3.63, 3.8) is 0 Å². The third-order valence-electron chi connectivity index (χ3n) is 6.94. The van der Waals surface area contributed by atoms with Gasteiger partial charge in [0.05, 0.1) is 17.3 Å². The summed E-state index contributed by atoms with van der Waals surface area (Å²) in [5, 5.41) is 1.05. The predicted molar refractivity (Wildman–Crippen MR) is 134 cm³/mol. The van der Waals surface area contributed by atoms with Crippen LogP contribution in [0.25, 0.3) is 10.2 Å². The van der Waals surface area contributed by atoms with Crippen molar-refractivity contribution >= 4 is 32.6 Å². The highest BCUT2D eigenvalue weighted by atomic mass is 32.1. The molecule has 3 heterocycles. The van der Waals surface area contributed by atoms with E-state index in [9.17, 15) is 4.79 Å². The molecule has 2 aliphatic rings. The number of methoxy groups -OCH3 is 1. The lowest BCUT2D eigenvalue weighted by Gasteiger charge is -2.38. The molecule has 0 N–H and O–H groups in total. The van der Waals surface area contributed by atoms with E-state index in [4.69, 9.17) is 9.72 Å². The largest absolute Gasteiger partial charge is 0.497 e. The normalized spacial score (nSPS) is 18.1. The van der Waals surface area contributed by atoms with Crippen molar-refractivity contribution in [2.75, 3.05) is 57.8 Å². The summed E-state index contributed by atoms with van der Waals surface area (Å²) in [5.74, 6) is 1.36. The van der Waals surface area contributed by atoms with E-state index in [1.54, 1.807) is 18.4 Å². The number of anilines is 1. The van der Waals surface area contributed by atoms with Gasteiger partial charge in [-0.3, -0.25) is 9.69 Å². The first-order valence-electron chi connectivity index (χ1n) is 11.9. The maximum Gasteiger partial charge on any atom is 0.225 e. The van der Waals surface area contributed by atoms with Crippen LogP contribution < -0.4 is 9.64 Å². The standard InChI is InChI=1S/C26H32N4O2S/c1-32-22-7-8-23-24(19-22)33-26(27-23)30-13-10-21(11-14-30)25(31)29-17-15-28(16-18-29)12-9-20-5-3-2-4-6-20/h2-8,19,21H,9-18H2,1H3. The van der Waals surface area contributed by atoms with E-state index in [1.807, 2.05) is 18.2 Å². The second kappa shape index (κ2) is 10.1. The molecule has 0 atom stereocenters. The highest BCUT2D eigenvalue weighted by molar-refractivity contribution is 7.22. The zero-order chi connectivity index (χ0) is 22.6.